The van der Waals surface area contributed by atoms with E-state index < -0.39 is 0 Å². The Hall–Kier alpha value is -1.43. The van der Waals surface area contributed by atoms with E-state index >= 15 is 0 Å². The molecule has 0 amide bonds. The highest BCUT2D eigenvalue weighted by atomic mass is 32.1. The summed E-state index contributed by atoms with van der Waals surface area (Å²) in [7, 11) is 0. The average Bonchev–Trinajstić information content (AvgIpc) is 2.74. The molecule has 2 N–H and O–H groups in total. The third-order valence-electron chi connectivity index (χ3n) is 1.75. The fourth-order valence-corrected chi connectivity index (χ4v) is 1.76. The number of anilines is 1. The number of nitrogen functional groups attached to an aromatic ring is 1. The molecule has 2 aromatic rings. The maximum absolute atomic E-state index is 5.72. The number of nitrogens with zero attached hydrogens (tertiary/aromatic N) is 4. The highest BCUT2D eigenvalue weighted by Gasteiger charge is 2.09. The van der Waals surface area contributed by atoms with E-state index in [1.54, 1.807) is 10.9 Å². The van der Waals surface area contributed by atoms with Crippen LogP contribution in [0.15, 0.2) is 11.6 Å². The fourth-order valence-electron chi connectivity index (χ4n) is 1.16. The van der Waals surface area contributed by atoms with Gasteiger partial charge in [-0.05, 0) is 6.42 Å². The van der Waals surface area contributed by atoms with Gasteiger partial charge < -0.3 is 5.73 Å². The Morgan fingerprint density at radius 2 is 2.43 bits per heavy atom. The lowest BCUT2D eigenvalue weighted by Crippen LogP contribution is -2.01. The zero-order chi connectivity index (χ0) is 9.97. The summed E-state index contributed by atoms with van der Waals surface area (Å²) >= 11 is 1.49. The highest BCUT2D eigenvalue weighted by molar-refractivity contribution is 7.12. The molecule has 0 aliphatic rings. The summed E-state index contributed by atoms with van der Waals surface area (Å²) in [6.07, 6.45) is 3.59. The zero-order valence-corrected chi connectivity index (χ0v) is 8.66. The Bertz CT molecular complexity index is 405. The van der Waals surface area contributed by atoms with Gasteiger partial charge in [0, 0.05) is 18.0 Å². The van der Waals surface area contributed by atoms with E-state index in [9.17, 15) is 0 Å². The van der Waals surface area contributed by atoms with Gasteiger partial charge in [0.05, 0.1) is 0 Å². The minimum absolute atomic E-state index is 0.406. The van der Waals surface area contributed by atoms with Crippen LogP contribution in [0.4, 0.5) is 5.95 Å². The van der Waals surface area contributed by atoms with Crippen LogP contribution in [0.5, 0.6) is 0 Å². The van der Waals surface area contributed by atoms with Gasteiger partial charge in [-0.15, -0.1) is 16.4 Å². The van der Waals surface area contributed by atoms with Gasteiger partial charge in [-0.3, -0.25) is 0 Å². The maximum Gasteiger partial charge on any atom is 0.225 e. The second kappa shape index (κ2) is 3.75. The molecule has 0 saturated carbocycles. The fraction of sp³-hybridized carbons (Fsp3) is 0.375. The lowest BCUT2D eigenvalue weighted by atomic mass is 10.3. The van der Waals surface area contributed by atoms with Crippen LogP contribution < -0.4 is 5.73 Å². The van der Waals surface area contributed by atoms with Crippen LogP contribution in [0.3, 0.4) is 0 Å². The van der Waals surface area contributed by atoms with Gasteiger partial charge in [0.25, 0.3) is 0 Å². The molecule has 0 radical (unpaired) electrons. The summed E-state index contributed by atoms with van der Waals surface area (Å²) < 4.78 is 1.58. The van der Waals surface area contributed by atoms with Crippen molar-refractivity contribution in [2.45, 2.75) is 19.8 Å². The van der Waals surface area contributed by atoms with Crippen molar-refractivity contribution in [2.75, 3.05) is 5.73 Å². The molecule has 0 aliphatic heterocycles. The van der Waals surface area contributed by atoms with E-state index in [0.717, 1.165) is 23.8 Å². The van der Waals surface area contributed by atoms with Crippen LogP contribution in [0.2, 0.25) is 0 Å². The van der Waals surface area contributed by atoms with Gasteiger partial charge in [0.1, 0.15) is 0 Å². The third-order valence-corrected chi connectivity index (χ3v) is 2.50. The van der Waals surface area contributed by atoms with E-state index in [2.05, 4.69) is 22.0 Å². The van der Waals surface area contributed by atoms with Crippen LogP contribution in [-0.4, -0.2) is 19.7 Å². The molecular weight excluding hydrogens is 198 g/mol. The first-order valence-corrected chi connectivity index (χ1v) is 5.30. The quantitative estimate of drug-likeness (QED) is 0.826. The standard InChI is InChI=1S/C8H11N5S/c1-2-3-6-11-7(9)13(12-6)8-10-4-5-14-8/h4-5H,2-3H2,1H3,(H2,9,11,12). The first-order chi connectivity index (χ1) is 6.81. The molecule has 0 saturated heterocycles. The van der Waals surface area contributed by atoms with E-state index in [1.165, 1.54) is 11.3 Å². The Morgan fingerprint density at radius 1 is 1.57 bits per heavy atom. The molecule has 0 unspecified atom stereocenters. The van der Waals surface area contributed by atoms with Crippen molar-refractivity contribution in [1.82, 2.24) is 19.7 Å². The molecule has 6 heteroatoms. The van der Waals surface area contributed by atoms with Gasteiger partial charge in [-0.2, -0.15) is 9.67 Å². The van der Waals surface area contributed by atoms with Crippen LogP contribution in [0.1, 0.15) is 19.2 Å². The minimum atomic E-state index is 0.406. The molecule has 0 aromatic carbocycles. The molecule has 0 aliphatic carbocycles. The Balaban J connectivity index is 2.35. The van der Waals surface area contributed by atoms with Crippen molar-refractivity contribution in [3.8, 4) is 5.13 Å². The molecule has 2 aromatic heterocycles. The van der Waals surface area contributed by atoms with Gasteiger partial charge >= 0.3 is 0 Å². The topological polar surface area (TPSA) is 69.6 Å². The minimum Gasteiger partial charge on any atom is -0.368 e. The summed E-state index contributed by atoms with van der Waals surface area (Å²) in [5.41, 5.74) is 5.72. The number of rotatable bonds is 3. The molecule has 14 heavy (non-hydrogen) atoms. The molecule has 0 bridgehead atoms. The Kier molecular flexibility index (Phi) is 2.45. The number of hydrogen-bond acceptors (Lipinski definition) is 5. The Labute approximate surface area is 85.6 Å². The van der Waals surface area contributed by atoms with Crippen molar-refractivity contribution < 1.29 is 0 Å². The van der Waals surface area contributed by atoms with Crippen LogP contribution in [0, 0.1) is 0 Å². The molecule has 2 rings (SSSR count). The van der Waals surface area contributed by atoms with Crippen LogP contribution >= 0.6 is 11.3 Å². The third kappa shape index (κ3) is 1.60. The summed E-state index contributed by atoms with van der Waals surface area (Å²) in [5, 5.41) is 6.92. The predicted octanol–water partition coefficient (Wildman–Crippen LogP) is 1.26. The maximum atomic E-state index is 5.72. The van der Waals surface area contributed by atoms with Gasteiger partial charge in [0.2, 0.25) is 11.1 Å². The smallest absolute Gasteiger partial charge is 0.225 e. The average molecular weight is 209 g/mol. The molecule has 2 heterocycles. The van der Waals surface area contributed by atoms with Crippen molar-refractivity contribution in [3.63, 3.8) is 0 Å². The normalized spacial score (nSPS) is 10.6. The van der Waals surface area contributed by atoms with E-state index in [-0.39, 0.29) is 0 Å². The number of thiazole rings is 1. The summed E-state index contributed by atoms with van der Waals surface area (Å²) in [4.78, 5) is 8.27. The SMILES string of the molecule is CCCc1nc(N)n(-c2nccs2)n1. The monoisotopic (exact) mass is 209 g/mol. The first kappa shape index (κ1) is 9.14. The van der Waals surface area contributed by atoms with Crippen molar-refractivity contribution in [2.24, 2.45) is 0 Å². The number of aromatic nitrogens is 4. The van der Waals surface area contributed by atoms with Crippen LogP contribution in [0.25, 0.3) is 5.13 Å². The van der Waals surface area contributed by atoms with Gasteiger partial charge in [0.15, 0.2) is 5.82 Å². The van der Waals surface area contributed by atoms with Crippen LogP contribution in [-0.2, 0) is 6.42 Å². The van der Waals surface area contributed by atoms with E-state index in [0.29, 0.717) is 5.95 Å². The molecule has 0 atom stereocenters. The number of aryl methyl sites for hydroxylation is 1. The van der Waals surface area contributed by atoms with Gasteiger partial charge in [-0.25, -0.2) is 4.98 Å². The highest BCUT2D eigenvalue weighted by Crippen LogP contribution is 2.14. The summed E-state index contributed by atoms with van der Waals surface area (Å²) in [6.45, 7) is 2.08. The molecular formula is C8H11N5S. The molecule has 5 nitrogen and oxygen atoms in total. The Morgan fingerprint density at radius 3 is 3.07 bits per heavy atom. The molecule has 74 valence electrons. The largest absolute Gasteiger partial charge is 0.368 e. The van der Waals surface area contributed by atoms with E-state index in [4.69, 9.17) is 5.73 Å². The second-order valence-electron chi connectivity index (χ2n) is 2.86. The summed E-state index contributed by atoms with van der Waals surface area (Å²) in [5.74, 6) is 1.18. The van der Waals surface area contributed by atoms with Crippen molar-refractivity contribution in [3.05, 3.63) is 17.4 Å². The van der Waals surface area contributed by atoms with Gasteiger partial charge in [-0.1, -0.05) is 6.92 Å². The lowest BCUT2D eigenvalue weighted by Gasteiger charge is -1.94. The predicted molar refractivity (Wildman–Crippen MR) is 55.4 cm³/mol. The molecule has 0 fully saturated rings. The number of hydrogen-bond donors (Lipinski definition) is 1. The van der Waals surface area contributed by atoms with E-state index in [1.807, 2.05) is 5.38 Å². The van der Waals surface area contributed by atoms with Crippen molar-refractivity contribution in [1.29, 1.82) is 0 Å². The lowest BCUT2D eigenvalue weighted by molar-refractivity contribution is 0.798. The molecule has 0 spiro atoms. The first-order valence-electron chi connectivity index (χ1n) is 4.42. The summed E-state index contributed by atoms with van der Waals surface area (Å²) in [6, 6.07) is 0. The number of nitrogens with two attached hydrogens (primary N) is 1. The van der Waals surface area contributed by atoms with Crippen molar-refractivity contribution >= 4 is 17.3 Å². The zero-order valence-electron chi connectivity index (χ0n) is 7.84. The second-order valence-corrected chi connectivity index (χ2v) is 3.74.